The van der Waals surface area contributed by atoms with Gasteiger partial charge in [-0.1, -0.05) is 0 Å². The highest BCUT2D eigenvalue weighted by Gasteiger charge is 2.21. The highest BCUT2D eigenvalue weighted by atomic mass is 32.2. The highest BCUT2D eigenvalue weighted by molar-refractivity contribution is 7.92. The number of nitrogens with zero attached hydrogens (tertiary/aromatic N) is 1. The second-order valence-electron chi connectivity index (χ2n) is 5.72. The lowest BCUT2D eigenvalue weighted by Gasteiger charge is -2.10. The molecule has 0 heterocycles. The second-order valence-corrected chi connectivity index (χ2v) is 7.40. The molecule has 0 aliphatic rings. The molecular formula is C16H17N3O6S. The molecule has 0 spiro atoms. The molecular weight excluding hydrogens is 362 g/mol. The monoisotopic (exact) mass is 379 g/mol. The van der Waals surface area contributed by atoms with E-state index < -0.39 is 26.4 Å². The van der Waals surface area contributed by atoms with E-state index in [1.54, 1.807) is 0 Å². The summed E-state index contributed by atoms with van der Waals surface area (Å²) in [5, 5.41) is 22.9. The maximum atomic E-state index is 12.4. The Labute approximate surface area is 149 Å². The van der Waals surface area contributed by atoms with Crippen LogP contribution in [-0.4, -0.2) is 30.4 Å². The summed E-state index contributed by atoms with van der Waals surface area (Å²) in [5.41, 5.74) is -0.169. The van der Waals surface area contributed by atoms with Crippen molar-refractivity contribution in [1.29, 1.82) is 0 Å². The topological polar surface area (TPSA) is 139 Å². The van der Waals surface area contributed by atoms with Crippen LogP contribution in [0.1, 0.15) is 24.2 Å². The SMILES string of the molecule is CC(C)NC(=O)c1ccc(NS(=O)(=O)c2ccc(O)c([N+](=O)[O-])c2)cc1. The van der Waals surface area contributed by atoms with Gasteiger partial charge in [0.2, 0.25) is 0 Å². The van der Waals surface area contributed by atoms with E-state index in [1.165, 1.54) is 24.3 Å². The summed E-state index contributed by atoms with van der Waals surface area (Å²) in [6.45, 7) is 3.63. The fourth-order valence-electron chi connectivity index (χ4n) is 2.07. The summed E-state index contributed by atoms with van der Waals surface area (Å²) in [6.07, 6.45) is 0. The van der Waals surface area contributed by atoms with Crippen LogP contribution in [0, 0.1) is 10.1 Å². The lowest BCUT2D eigenvalue weighted by molar-refractivity contribution is -0.386. The number of sulfonamides is 1. The summed E-state index contributed by atoms with van der Waals surface area (Å²) in [6, 6.07) is 8.43. The first kappa shape index (κ1) is 19.2. The molecule has 0 unspecified atom stereocenters. The lowest BCUT2D eigenvalue weighted by Crippen LogP contribution is -2.30. The Morgan fingerprint density at radius 2 is 1.77 bits per heavy atom. The minimum atomic E-state index is -4.10. The summed E-state index contributed by atoms with van der Waals surface area (Å²) >= 11 is 0. The summed E-state index contributed by atoms with van der Waals surface area (Å²) in [4.78, 5) is 21.4. The van der Waals surface area contributed by atoms with E-state index in [1.807, 2.05) is 13.8 Å². The zero-order chi connectivity index (χ0) is 19.5. The first-order valence-corrected chi connectivity index (χ1v) is 8.99. The number of nitrogens with one attached hydrogen (secondary N) is 2. The number of aromatic hydroxyl groups is 1. The van der Waals surface area contributed by atoms with Gasteiger partial charge in [0.1, 0.15) is 0 Å². The van der Waals surface area contributed by atoms with Gasteiger partial charge in [0.25, 0.3) is 15.9 Å². The summed E-state index contributed by atoms with van der Waals surface area (Å²) < 4.78 is 27.0. The van der Waals surface area contributed by atoms with Gasteiger partial charge in [-0.15, -0.1) is 0 Å². The fourth-order valence-corrected chi connectivity index (χ4v) is 3.14. The molecule has 0 aliphatic heterocycles. The number of hydrogen-bond acceptors (Lipinski definition) is 6. The molecule has 138 valence electrons. The standard InChI is InChI=1S/C16H17N3O6S/c1-10(2)17-16(21)11-3-5-12(6-4-11)18-26(24,25)13-7-8-15(20)14(9-13)19(22)23/h3-10,18,20H,1-2H3,(H,17,21). The lowest BCUT2D eigenvalue weighted by atomic mass is 10.2. The molecule has 0 aliphatic carbocycles. The molecule has 1 amide bonds. The van der Waals surface area contributed by atoms with Crippen LogP contribution in [0.3, 0.4) is 0 Å². The third-order valence-electron chi connectivity index (χ3n) is 3.27. The van der Waals surface area contributed by atoms with Crippen molar-refractivity contribution in [2.24, 2.45) is 0 Å². The van der Waals surface area contributed by atoms with Crippen LogP contribution in [0.5, 0.6) is 5.75 Å². The molecule has 0 atom stereocenters. The van der Waals surface area contributed by atoms with Crippen LogP contribution < -0.4 is 10.0 Å². The van der Waals surface area contributed by atoms with Gasteiger partial charge in [-0.2, -0.15) is 0 Å². The predicted octanol–water partition coefficient (Wildman–Crippen LogP) is 2.24. The normalized spacial score (nSPS) is 11.2. The van der Waals surface area contributed by atoms with Crippen LogP contribution >= 0.6 is 0 Å². The fraction of sp³-hybridized carbons (Fsp3) is 0.188. The number of nitro benzene ring substituents is 1. The van der Waals surface area contributed by atoms with Crippen LogP contribution in [0.4, 0.5) is 11.4 Å². The molecule has 0 saturated heterocycles. The molecule has 0 fully saturated rings. The van der Waals surface area contributed by atoms with Gasteiger partial charge >= 0.3 is 5.69 Å². The van der Waals surface area contributed by atoms with E-state index in [-0.39, 0.29) is 22.5 Å². The number of nitro groups is 1. The summed E-state index contributed by atoms with van der Waals surface area (Å²) in [7, 11) is -4.10. The molecule has 9 nitrogen and oxygen atoms in total. The average molecular weight is 379 g/mol. The Bertz CT molecular complexity index is 939. The number of carbonyl (C=O) groups excluding carboxylic acids is 1. The first-order valence-electron chi connectivity index (χ1n) is 7.51. The van der Waals surface area contributed by atoms with Gasteiger partial charge < -0.3 is 10.4 Å². The average Bonchev–Trinajstić information content (AvgIpc) is 2.54. The number of phenols is 1. The Morgan fingerprint density at radius 1 is 1.15 bits per heavy atom. The Morgan fingerprint density at radius 3 is 2.31 bits per heavy atom. The number of benzene rings is 2. The van der Waals surface area contributed by atoms with Crippen molar-refractivity contribution in [1.82, 2.24) is 5.32 Å². The minimum Gasteiger partial charge on any atom is -0.502 e. The largest absolute Gasteiger partial charge is 0.502 e. The molecule has 0 radical (unpaired) electrons. The van der Waals surface area contributed by atoms with Gasteiger partial charge in [-0.3, -0.25) is 19.6 Å². The molecule has 3 N–H and O–H groups in total. The van der Waals surface area contributed by atoms with Crippen LogP contribution in [0.2, 0.25) is 0 Å². The molecule has 0 saturated carbocycles. The molecule has 0 bridgehead atoms. The van der Waals surface area contributed by atoms with Crippen molar-refractivity contribution in [3.63, 3.8) is 0 Å². The van der Waals surface area contributed by atoms with Crippen molar-refractivity contribution >= 4 is 27.3 Å². The third-order valence-corrected chi connectivity index (χ3v) is 4.65. The Kier molecular flexibility index (Phi) is 5.46. The first-order chi connectivity index (χ1) is 12.1. The highest BCUT2D eigenvalue weighted by Crippen LogP contribution is 2.29. The zero-order valence-electron chi connectivity index (χ0n) is 14.0. The van der Waals surface area contributed by atoms with Crippen molar-refractivity contribution in [2.75, 3.05) is 4.72 Å². The molecule has 10 heteroatoms. The van der Waals surface area contributed by atoms with E-state index >= 15 is 0 Å². The van der Waals surface area contributed by atoms with E-state index in [2.05, 4.69) is 10.0 Å². The molecule has 26 heavy (non-hydrogen) atoms. The predicted molar refractivity (Wildman–Crippen MR) is 94.6 cm³/mol. The molecule has 2 aromatic carbocycles. The van der Waals surface area contributed by atoms with Gasteiger partial charge in [-0.25, -0.2) is 8.42 Å². The minimum absolute atomic E-state index is 0.0361. The van der Waals surface area contributed by atoms with Gasteiger partial charge in [-0.05, 0) is 50.2 Å². The van der Waals surface area contributed by atoms with Crippen LogP contribution in [0.15, 0.2) is 47.4 Å². The number of hydrogen-bond donors (Lipinski definition) is 3. The number of rotatable bonds is 6. The van der Waals surface area contributed by atoms with E-state index in [4.69, 9.17) is 0 Å². The number of carbonyl (C=O) groups is 1. The van der Waals surface area contributed by atoms with E-state index in [0.717, 1.165) is 18.2 Å². The summed E-state index contributed by atoms with van der Waals surface area (Å²) in [5.74, 6) is -0.918. The number of phenolic OH excluding ortho intramolecular Hbond substituents is 1. The third kappa shape index (κ3) is 4.48. The number of anilines is 1. The number of amides is 1. The van der Waals surface area contributed by atoms with Crippen LogP contribution in [-0.2, 0) is 10.0 Å². The van der Waals surface area contributed by atoms with Crippen molar-refractivity contribution in [3.05, 3.63) is 58.1 Å². The van der Waals surface area contributed by atoms with Gasteiger partial charge in [0, 0.05) is 23.4 Å². The maximum absolute atomic E-state index is 12.4. The molecule has 2 aromatic rings. The van der Waals surface area contributed by atoms with Crippen LogP contribution in [0.25, 0.3) is 0 Å². The quantitative estimate of drug-likeness (QED) is 0.520. The Balaban J connectivity index is 2.23. The van der Waals surface area contributed by atoms with Gasteiger partial charge in [0.05, 0.1) is 9.82 Å². The van der Waals surface area contributed by atoms with Crippen molar-refractivity contribution in [3.8, 4) is 5.75 Å². The molecule has 2 rings (SSSR count). The van der Waals surface area contributed by atoms with E-state index in [0.29, 0.717) is 5.56 Å². The Hall–Kier alpha value is -3.14. The van der Waals surface area contributed by atoms with Crippen molar-refractivity contribution in [2.45, 2.75) is 24.8 Å². The van der Waals surface area contributed by atoms with Crippen molar-refractivity contribution < 1.29 is 23.2 Å². The zero-order valence-corrected chi connectivity index (χ0v) is 14.8. The smallest absolute Gasteiger partial charge is 0.312 e. The van der Waals surface area contributed by atoms with E-state index in [9.17, 15) is 28.4 Å². The maximum Gasteiger partial charge on any atom is 0.312 e. The second kappa shape index (κ2) is 7.40. The molecule has 0 aromatic heterocycles. The van der Waals surface area contributed by atoms with Gasteiger partial charge in [0.15, 0.2) is 5.75 Å².